The van der Waals surface area contributed by atoms with Gasteiger partial charge in [-0.3, -0.25) is 0 Å². The summed E-state index contributed by atoms with van der Waals surface area (Å²) in [4.78, 5) is 4.42. The molecular weight excluding hydrogens is 267 g/mol. The van der Waals surface area contributed by atoms with E-state index in [0.717, 1.165) is 11.3 Å². The molecule has 0 fully saturated rings. The van der Waals surface area contributed by atoms with Gasteiger partial charge in [-0.2, -0.15) is 0 Å². The van der Waals surface area contributed by atoms with E-state index in [1.54, 1.807) is 14.0 Å². The molecular formula is C14H18ClFN2O. The number of hydrogen-bond acceptors (Lipinski definition) is 2. The van der Waals surface area contributed by atoms with Gasteiger partial charge in [0, 0.05) is 13.2 Å². The van der Waals surface area contributed by atoms with Gasteiger partial charge in [0.25, 0.3) is 0 Å². The maximum Gasteiger partial charge on any atom is 0.128 e. The van der Waals surface area contributed by atoms with E-state index in [4.69, 9.17) is 16.3 Å². The van der Waals surface area contributed by atoms with Crippen molar-refractivity contribution in [3.8, 4) is 0 Å². The third kappa shape index (κ3) is 2.47. The van der Waals surface area contributed by atoms with Crippen LogP contribution in [0.3, 0.4) is 0 Å². The van der Waals surface area contributed by atoms with Crippen LogP contribution in [0.5, 0.6) is 0 Å². The highest BCUT2D eigenvalue weighted by Crippen LogP contribution is 2.28. The van der Waals surface area contributed by atoms with E-state index in [-0.39, 0.29) is 17.2 Å². The number of methoxy groups -OCH3 is 1. The minimum Gasteiger partial charge on any atom is -0.382 e. The van der Waals surface area contributed by atoms with Crippen molar-refractivity contribution in [3.05, 3.63) is 29.3 Å². The van der Waals surface area contributed by atoms with Crippen LogP contribution in [0.15, 0.2) is 12.1 Å². The minimum atomic E-state index is -0.294. The Bertz CT molecular complexity index is 607. The van der Waals surface area contributed by atoms with Gasteiger partial charge in [0.2, 0.25) is 0 Å². The van der Waals surface area contributed by atoms with Gasteiger partial charge in [0.15, 0.2) is 0 Å². The van der Waals surface area contributed by atoms with Gasteiger partial charge in [-0.1, -0.05) is 0 Å². The molecule has 0 unspecified atom stereocenters. The van der Waals surface area contributed by atoms with E-state index < -0.39 is 0 Å². The molecule has 0 saturated heterocycles. The third-order valence-electron chi connectivity index (χ3n) is 3.23. The highest BCUT2D eigenvalue weighted by atomic mass is 35.5. The van der Waals surface area contributed by atoms with Crippen LogP contribution in [0.2, 0.25) is 0 Å². The molecule has 0 aliphatic carbocycles. The largest absolute Gasteiger partial charge is 0.382 e. The van der Waals surface area contributed by atoms with Crippen molar-refractivity contribution in [1.82, 2.24) is 9.55 Å². The second-order valence-electron chi connectivity index (χ2n) is 5.33. The first-order chi connectivity index (χ1) is 8.90. The highest BCUT2D eigenvalue weighted by Gasteiger charge is 2.26. The average Bonchev–Trinajstić information content (AvgIpc) is 2.68. The molecule has 0 aliphatic rings. The topological polar surface area (TPSA) is 27.1 Å². The summed E-state index contributed by atoms with van der Waals surface area (Å²) in [5, 5.41) is 0. The van der Waals surface area contributed by atoms with Crippen LogP contribution in [0, 0.1) is 12.7 Å². The number of aromatic nitrogens is 2. The van der Waals surface area contributed by atoms with Crippen molar-refractivity contribution >= 4 is 22.6 Å². The number of fused-ring (bicyclic) bond motifs is 1. The van der Waals surface area contributed by atoms with Gasteiger partial charge in [-0.25, -0.2) is 9.37 Å². The summed E-state index contributed by atoms with van der Waals surface area (Å²) in [6, 6.07) is 3.27. The third-order valence-corrected chi connectivity index (χ3v) is 3.47. The van der Waals surface area contributed by atoms with Crippen molar-refractivity contribution in [2.45, 2.75) is 32.2 Å². The predicted molar refractivity (Wildman–Crippen MR) is 75.2 cm³/mol. The molecule has 0 bridgehead atoms. The number of benzene rings is 1. The molecule has 0 radical (unpaired) electrons. The number of imidazole rings is 1. The van der Waals surface area contributed by atoms with E-state index in [2.05, 4.69) is 4.98 Å². The second kappa shape index (κ2) is 5.10. The van der Waals surface area contributed by atoms with Gasteiger partial charge in [0.1, 0.15) is 11.6 Å². The van der Waals surface area contributed by atoms with Gasteiger partial charge >= 0.3 is 0 Å². The Balaban J connectivity index is 2.73. The van der Waals surface area contributed by atoms with Gasteiger partial charge in [-0.05, 0) is 32.4 Å². The Morgan fingerprint density at radius 2 is 2.11 bits per heavy atom. The van der Waals surface area contributed by atoms with Crippen molar-refractivity contribution in [2.24, 2.45) is 0 Å². The summed E-state index contributed by atoms with van der Waals surface area (Å²) >= 11 is 5.97. The van der Waals surface area contributed by atoms with Crippen LogP contribution >= 0.6 is 11.6 Å². The SMILES string of the molecule is COCC(C)(C)n1c(CCl)nc2cc(F)c(C)cc21. The van der Waals surface area contributed by atoms with E-state index in [1.165, 1.54) is 6.07 Å². The molecule has 1 aromatic heterocycles. The first-order valence-electron chi connectivity index (χ1n) is 6.13. The number of nitrogens with zero attached hydrogens (tertiary/aromatic N) is 2. The molecule has 1 heterocycles. The van der Waals surface area contributed by atoms with Gasteiger partial charge in [-0.15, -0.1) is 11.6 Å². The zero-order chi connectivity index (χ0) is 14.2. The molecule has 5 heteroatoms. The highest BCUT2D eigenvalue weighted by molar-refractivity contribution is 6.16. The molecule has 1 aromatic carbocycles. The number of rotatable bonds is 4. The average molecular weight is 285 g/mol. The summed E-state index contributed by atoms with van der Waals surface area (Å²) in [6.45, 7) is 6.37. The standard InChI is InChI=1S/C14H18ClFN2O/c1-9-5-12-11(6-10(9)16)17-13(7-15)18(12)14(2,3)8-19-4/h5-6H,7-8H2,1-4H3. The summed E-state index contributed by atoms with van der Waals surface area (Å²) in [7, 11) is 1.66. The quantitative estimate of drug-likeness (QED) is 0.802. The molecule has 0 aliphatic heterocycles. The number of alkyl halides is 1. The van der Waals surface area contributed by atoms with E-state index in [9.17, 15) is 4.39 Å². The molecule has 0 atom stereocenters. The van der Waals surface area contributed by atoms with Crippen molar-refractivity contribution in [1.29, 1.82) is 0 Å². The van der Waals surface area contributed by atoms with Crippen LogP contribution in [0.1, 0.15) is 25.2 Å². The Morgan fingerprint density at radius 1 is 1.42 bits per heavy atom. The number of halogens is 2. The maximum atomic E-state index is 13.6. The lowest BCUT2D eigenvalue weighted by atomic mass is 10.1. The number of aryl methyl sites for hydroxylation is 1. The van der Waals surface area contributed by atoms with E-state index in [0.29, 0.717) is 17.7 Å². The predicted octanol–water partition coefficient (Wildman–Crippen LogP) is 3.60. The number of ether oxygens (including phenoxy) is 1. The molecule has 2 rings (SSSR count). The molecule has 2 aromatic rings. The molecule has 0 spiro atoms. The maximum absolute atomic E-state index is 13.6. The van der Waals surface area contributed by atoms with Gasteiger partial charge < -0.3 is 9.30 Å². The minimum absolute atomic E-state index is 0.247. The summed E-state index contributed by atoms with van der Waals surface area (Å²) < 4.78 is 20.9. The van der Waals surface area contributed by atoms with Crippen molar-refractivity contribution < 1.29 is 9.13 Å². The summed E-state index contributed by atoms with van der Waals surface area (Å²) in [5.74, 6) is 0.759. The number of hydrogen-bond donors (Lipinski definition) is 0. The molecule has 0 saturated carbocycles. The summed E-state index contributed by atoms with van der Waals surface area (Å²) in [5.41, 5.74) is 1.82. The van der Waals surface area contributed by atoms with Crippen LogP contribution in [-0.2, 0) is 16.2 Å². The molecule has 19 heavy (non-hydrogen) atoms. The second-order valence-corrected chi connectivity index (χ2v) is 5.60. The van der Waals surface area contributed by atoms with Crippen LogP contribution in [-0.4, -0.2) is 23.3 Å². The van der Waals surface area contributed by atoms with E-state index in [1.807, 2.05) is 24.5 Å². The van der Waals surface area contributed by atoms with Crippen molar-refractivity contribution in [3.63, 3.8) is 0 Å². The fraction of sp³-hybridized carbons (Fsp3) is 0.500. The van der Waals surface area contributed by atoms with Crippen molar-refractivity contribution in [2.75, 3.05) is 13.7 Å². The first-order valence-corrected chi connectivity index (χ1v) is 6.67. The molecule has 0 N–H and O–H groups in total. The zero-order valence-corrected chi connectivity index (χ0v) is 12.4. The first kappa shape index (κ1) is 14.3. The Kier molecular flexibility index (Phi) is 3.83. The smallest absolute Gasteiger partial charge is 0.128 e. The lowest BCUT2D eigenvalue weighted by Crippen LogP contribution is -2.32. The van der Waals surface area contributed by atoms with Crippen LogP contribution in [0.25, 0.3) is 11.0 Å². The van der Waals surface area contributed by atoms with Gasteiger partial charge in [0.05, 0.1) is 29.1 Å². The molecule has 0 amide bonds. The molecule has 3 nitrogen and oxygen atoms in total. The monoisotopic (exact) mass is 284 g/mol. The van der Waals surface area contributed by atoms with Crippen LogP contribution in [0.4, 0.5) is 4.39 Å². The van der Waals surface area contributed by atoms with Crippen LogP contribution < -0.4 is 0 Å². The Labute approximate surface area is 117 Å². The zero-order valence-electron chi connectivity index (χ0n) is 11.6. The fourth-order valence-corrected chi connectivity index (χ4v) is 2.61. The normalized spacial score (nSPS) is 12.3. The summed E-state index contributed by atoms with van der Waals surface area (Å²) in [6.07, 6.45) is 0. The lowest BCUT2D eigenvalue weighted by molar-refractivity contribution is 0.110. The fourth-order valence-electron chi connectivity index (χ4n) is 2.44. The molecule has 104 valence electrons. The van der Waals surface area contributed by atoms with E-state index >= 15 is 0 Å². The lowest BCUT2D eigenvalue weighted by Gasteiger charge is -2.28. The Morgan fingerprint density at radius 3 is 2.68 bits per heavy atom. The Hall–Kier alpha value is -1.13.